The Morgan fingerprint density at radius 1 is 1.03 bits per heavy atom. The third-order valence-corrected chi connectivity index (χ3v) is 6.29. The van der Waals surface area contributed by atoms with E-state index in [0.717, 1.165) is 30.2 Å². The van der Waals surface area contributed by atoms with Crippen molar-refractivity contribution >= 4 is 51.4 Å². The van der Waals surface area contributed by atoms with E-state index in [-0.39, 0.29) is 17.3 Å². The lowest BCUT2D eigenvalue weighted by Gasteiger charge is -2.11. The first kappa shape index (κ1) is 26.6. The summed E-state index contributed by atoms with van der Waals surface area (Å²) in [4.78, 5) is 25.5. The first-order valence-corrected chi connectivity index (χ1v) is 13.0. The van der Waals surface area contributed by atoms with Crippen LogP contribution in [0.25, 0.3) is 0 Å². The lowest BCUT2D eigenvalue weighted by molar-refractivity contribution is 0.0956. The van der Waals surface area contributed by atoms with Crippen molar-refractivity contribution in [1.82, 2.24) is 10.7 Å². The van der Waals surface area contributed by atoms with Crippen molar-refractivity contribution in [2.45, 2.75) is 13.5 Å². The van der Waals surface area contributed by atoms with Crippen LogP contribution in [0.1, 0.15) is 38.8 Å². The number of hydrazone groups is 1. The zero-order valence-electron chi connectivity index (χ0n) is 19.2. The second kappa shape index (κ2) is 13.8. The van der Waals surface area contributed by atoms with Crippen LogP contribution in [-0.2, 0) is 6.54 Å². The summed E-state index contributed by atoms with van der Waals surface area (Å²) in [6.07, 6.45) is 1.41. The van der Waals surface area contributed by atoms with Gasteiger partial charge in [-0.05, 0) is 59.3 Å². The minimum absolute atomic E-state index is 0.245. The summed E-state index contributed by atoms with van der Waals surface area (Å²) in [7, 11) is 0. The molecule has 9 heteroatoms. The van der Waals surface area contributed by atoms with Crippen LogP contribution in [-0.4, -0.2) is 36.1 Å². The molecule has 0 heterocycles. The Hall–Kier alpha value is -3.01. The zero-order valence-corrected chi connectivity index (χ0v) is 21.6. The number of hydrogen-bond donors (Lipinski definition) is 3. The number of amides is 2. The maximum absolute atomic E-state index is 13.0. The smallest absolute Gasteiger partial charge is 0.273 e. The molecule has 0 fully saturated rings. The van der Waals surface area contributed by atoms with E-state index in [0.29, 0.717) is 21.3 Å². The van der Waals surface area contributed by atoms with Crippen LogP contribution in [0, 0.1) is 5.82 Å². The predicted octanol–water partition coefficient (Wildman–Crippen LogP) is 5.45. The van der Waals surface area contributed by atoms with E-state index in [1.165, 1.54) is 18.3 Å². The number of nitrogens with one attached hydrogen (secondary N) is 3. The third-order valence-electron chi connectivity index (χ3n) is 4.90. The topological polar surface area (TPSA) is 82.6 Å². The molecule has 0 bridgehead atoms. The van der Waals surface area contributed by atoms with E-state index < -0.39 is 5.91 Å². The molecule has 3 rings (SSSR count). The molecule has 0 aliphatic heterocycles. The van der Waals surface area contributed by atoms with Crippen molar-refractivity contribution in [2.75, 3.05) is 23.4 Å². The van der Waals surface area contributed by atoms with Crippen molar-refractivity contribution in [1.29, 1.82) is 0 Å². The lowest BCUT2D eigenvalue weighted by atomic mass is 10.1. The molecule has 3 aromatic rings. The normalized spacial score (nSPS) is 10.9. The number of nitrogens with zero attached hydrogens (tertiary/aromatic N) is 1. The summed E-state index contributed by atoms with van der Waals surface area (Å²) in [5.74, 6) is 1.000. The Morgan fingerprint density at radius 2 is 1.77 bits per heavy atom. The summed E-state index contributed by atoms with van der Waals surface area (Å²) in [6.45, 7) is 3.81. The van der Waals surface area contributed by atoms with Crippen molar-refractivity contribution in [3.8, 4) is 0 Å². The molecule has 2 amide bonds. The summed E-state index contributed by atoms with van der Waals surface area (Å²) in [6, 6.07) is 18.0. The van der Waals surface area contributed by atoms with Gasteiger partial charge in [-0.15, -0.1) is 0 Å². The SMILES string of the molecule is CCSCCNCc1ccc(C(=O)Nc2ccc(Br)cc2C(=O)N/N=C/c2ccc(F)cc2)cc1. The zero-order chi connectivity index (χ0) is 25.0. The molecule has 0 unspecified atom stereocenters. The largest absolute Gasteiger partial charge is 0.321 e. The molecular formula is C26H26BrFN4O2S. The standard InChI is InChI=1S/C26H26BrFN4O2S/c1-2-35-14-13-29-16-18-3-7-20(8-4-18)25(33)31-24-12-9-21(27)15-23(24)26(34)32-30-17-19-5-10-22(28)11-6-19/h3-12,15,17,29H,2,13-14,16H2,1H3,(H,31,33)(H,32,34)/b30-17+. The Labute approximate surface area is 216 Å². The van der Waals surface area contributed by atoms with Gasteiger partial charge in [-0.2, -0.15) is 16.9 Å². The van der Waals surface area contributed by atoms with Gasteiger partial charge in [0.05, 0.1) is 17.5 Å². The van der Waals surface area contributed by atoms with Crippen molar-refractivity contribution < 1.29 is 14.0 Å². The molecule has 6 nitrogen and oxygen atoms in total. The van der Waals surface area contributed by atoms with Crippen molar-refractivity contribution in [3.63, 3.8) is 0 Å². The first-order chi connectivity index (χ1) is 17.0. The van der Waals surface area contributed by atoms with Gasteiger partial charge in [0.15, 0.2) is 0 Å². The molecule has 0 aromatic heterocycles. The van der Waals surface area contributed by atoms with Crippen molar-refractivity contribution in [3.05, 3.63) is 99.3 Å². The van der Waals surface area contributed by atoms with Gasteiger partial charge in [-0.25, -0.2) is 9.82 Å². The van der Waals surface area contributed by atoms with Crippen LogP contribution in [0.2, 0.25) is 0 Å². The minimum atomic E-state index is -0.498. The molecule has 3 N–H and O–H groups in total. The predicted molar refractivity (Wildman–Crippen MR) is 145 cm³/mol. The maximum Gasteiger partial charge on any atom is 0.273 e. The summed E-state index contributed by atoms with van der Waals surface area (Å²) in [5.41, 5.74) is 5.24. The van der Waals surface area contributed by atoms with E-state index in [1.54, 1.807) is 42.5 Å². The highest BCUT2D eigenvalue weighted by molar-refractivity contribution is 9.10. The van der Waals surface area contributed by atoms with Crippen LogP contribution in [0.5, 0.6) is 0 Å². The highest BCUT2D eigenvalue weighted by Gasteiger charge is 2.15. The Bertz CT molecular complexity index is 1170. The van der Waals surface area contributed by atoms with E-state index in [4.69, 9.17) is 0 Å². The fourth-order valence-corrected chi connectivity index (χ4v) is 4.02. The molecule has 0 spiro atoms. The van der Waals surface area contributed by atoms with Gasteiger partial charge >= 0.3 is 0 Å². The van der Waals surface area contributed by atoms with E-state index >= 15 is 0 Å². The van der Waals surface area contributed by atoms with Gasteiger partial charge in [0.25, 0.3) is 11.8 Å². The molecule has 0 saturated carbocycles. The minimum Gasteiger partial charge on any atom is -0.321 e. The molecular weight excluding hydrogens is 531 g/mol. The van der Waals surface area contributed by atoms with Crippen LogP contribution in [0.4, 0.5) is 10.1 Å². The number of hydrogen-bond acceptors (Lipinski definition) is 5. The van der Waals surface area contributed by atoms with Gasteiger partial charge < -0.3 is 10.6 Å². The third kappa shape index (κ3) is 8.61. The molecule has 0 atom stereocenters. The van der Waals surface area contributed by atoms with Crippen LogP contribution < -0.4 is 16.1 Å². The average molecular weight is 557 g/mol. The average Bonchev–Trinajstić information content (AvgIpc) is 2.86. The molecule has 35 heavy (non-hydrogen) atoms. The summed E-state index contributed by atoms with van der Waals surface area (Å²) < 4.78 is 13.7. The second-order valence-corrected chi connectivity index (χ2v) is 9.77. The second-order valence-electron chi connectivity index (χ2n) is 7.47. The first-order valence-electron chi connectivity index (χ1n) is 11.0. The van der Waals surface area contributed by atoms with E-state index in [1.807, 2.05) is 23.9 Å². The number of carbonyl (C=O) groups is 2. The lowest BCUT2D eigenvalue weighted by Crippen LogP contribution is -2.21. The van der Waals surface area contributed by atoms with E-state index in [2.05, 4.69) is 44.0 Å². The Morgan fingerprint density at radius 3 is 2.49 bits per heavy atom. The number of anilines is 1. The van der Waals surface area contributed by atoms with Gasteiger partial charge in [0.2, 0.25) is 0 Å². The van der Waals surface area contributed by atoms with Gasteiger partial charge in [-0.1, -0.05) is 47.1 Å². The highest BCUT2D eigenvalue weighted by atomic mass is 79.9. The number of benzene rings is 3. The number of rotatable bonds is 11. The van der Waals surface area contributed by atoms with Gasteiger partial charge in [0, 0.05) is 28.9 Å². The fraction of sp³-hybridized carbons (Fsp3) is 0.192. The van der Waals surface area contributed by atoms with Crippen LogP contribution >= 0.6 is 27.7 Å². The van der Waals surface area contributed by atoms with Crippen LogP contribution in [0.15, 0.2) is 76.3 Å². The van der Waals surface area contributed by atoms with E-state index in [9.17, 15) is 14.0 Å². The van der Waals surface area contributed by atoms with Gasteiger partial charge in [0.1, 0.15) is 5.82 Å². The number of halogens is 2. The van der Waals surface area contributed by atoms with Gasteiger partial charge in [-0.3, -0.25) is 9.59 Å². The van der Waals surface area contributed by atoms with Crippen molar-refractivity contribution in [2.24, 2.45) is 5.10 Å². The molecule has 182 valence electrons. The maximum atomic E-state index is 13.0. The number of carbonyl (C=O) groups excluding carboxylic acids is 2. The molecule has 0 aliphatic rings. The molecule has 0 saturated heterocycles. The quantitative estimate of drug-likeness (QED) is 0.167. The Balaban J connectivity index is 1.62. The highest BCUT2D eigenvalue weighted by Crippen LogP contribution is 2.22. The van der Waals surface area contributed by atoms with Crippen LogP contribution in [0.3, 0.4) is 0 Å². The number of thioether (sulfide) groups is 1. The summed E-state index contributed by atoms with van der Waals surface area (Å²) >= 11 is 5.25. The Kier molecular flexibility index (Phi) is 10.5. The molecule has 0 aliphatic carbocycles. The molecule has 3 aromatic carbocycles. The monoisotopic (exact) mass is 556 g/mol. The fourth-order valence-electron chi connectivity index (χ4n) is 3.08. The molecule has 0 radical (unpaired) electrons. The summed E-state index contributed by atoms with van der Waals surface area (Å²) in [5, 5.41) is 10.1.